The molecule has 0 radical (unpaired) electrons. The number of aliphatic hydroxyl groups is 4. The average molecular weight is 859 g/mol. The zero-order valence-corrected chi connectivity index (χ0v) is 38.1. The van der Waals surface area contributed by atoms with Crippen LogP contribution in [0, 0.1) is 0 Å². The minimum absolute atomic E-state index is 0.214. The third-order valence-electron chi connectivity index (χ3n) is 10.6. The molecule has 10 nitrogen and oxygen atoms in total. The number of hydrogen-bond acceptors (Lipinski definition) is 10. The molecule has 61 heavy (non-hydrogen) atoms. The Morgan fingerprint density at radius 1 is 0.525 bits per heavy atom. The molecule has 0 bridgehead atoms. The summed E-state index contributed by atoms with van der Waals surface area (Å²) in [5.41, 5.74) is 0. The molecule has 0 aromatic heterocycles. The number of ether oxygens (including phenoxy) is 4. The van der Waals surface area contributed by atoms with Crippen LogP contribution in [0.15, 0.2) is 72.9 Å². The first-order valence-electron chi connectivity index (χ1n) is 24.0. The van der Waals surface area contributed by atoms with E-state index >= 15 is 0 Å². The van der Waals surface area contributed by atoms with Gasteiger partial charge in [-0.25, -0.2) is 0 Å². The van der Waals surface area contributed by atoms with E-state index < -0.39 is 55.4 Å². The van der Waals surface area contributed by atoms with Gasteiger partial charge in [0.05, 0.1) is 13.2 Å². The molecule has 0 aliphatic carbocycles. The zero-order valence-electron chi connectivity index (χ0n) is 38.1. The second-order valence-electron chi connectivity index (χ2n) is 16.2. The summed E-state index contributed by atoms with van der Waals surface area (Å²) in [4.78, 5) is 25.4. The van der Waals surface area contributed by atoms with Crippen LogP contribution in [0.5, 0.6) is 0 Å². The summed E-state index contributed by atoms with van der Waals surface area (Å²) >= 11 is 0. The van der Waals surface area contributed by atoms with Gasteiger partial charge in [-0.15, -0.1) is 0 Å². The summed E-state index contributed by atoms with van der Waals surface area (Å²) in [7, 11) is 0. The van der Waals surface area contributed by atoms with Crippen molar-refractivity contribution < 1.29 is 49.0 Å². The highest BCUT2D eigenvalue weighted by Gasteiger charge is 2.44. The van der Waals surface area contributed by atoms with Gasteiger partial charge in [0, 0.05) is 12.8 Å². The lowest BCUT2D eigenvalue weighted by Crippen LogP contribution is -2.59. The fraction of sp³-hybridized carbons (Fsp3) is 0.725. The van der Waals surface area contributed by atoms with Crippen molar-refractivity contribution in [1.29, 1.82) is 0 Å². The maximum Gasteiger partial charge on any atom is 0.306 e. The molecule has 0 aromatic rings. The van der Waals surface area contributed by atoms with Crippen molar-refractivity contribution in [2.75, 3.05) is 19.8 Å². The van der Waals surface area contributed by atoms with E-state index in [1.54, 1.807) is 0 Å². The fourth-order valence-corrected chi connectivity index (χ4v) is 6.80. The fourth-order valence-electron chi connectivity index (χ4n) is 6.80. The number of aliphatic hydroxyl groups excluding tert-OH is 4. The quantitative estimate of drug-likeness (QED) is 0.0267. The second-order valence-corrected chi connectivity index (χ2v) is 16.2. The van der Waals surface area contributed by atoms with Crippen molar-refractivity contribution in [3.05, 3.63) is 72.9 Å². The Balaban J connectivity index is 2.31. The van der Waals surface area contributed by atoms with Crippen LogP contribution in [-0.2, 0) is 28.5 Å². The molecule has 1 saturated heterocycles. The molecule has 1 heterocycles. The molecule has 0 amide bonds. The topological polar surface area (TPSA) is 152 Å². The van der Waals surface area contributed by atoms with Crippen LogP contribution in [0.1, 0.15) is 181 Å². The number of hydrogen-bond donors (Lipinski definition) is 4. The monoisotopic (exact) mass is 859 g/mol. The van der Waals surface area contributed by atoms with Gasteiger partial charge in [-0.1, -0.05) is 157 Å². The molecule has 4 N–H and O–H groups in total. The molecule has 0 spiro atoms. The van der Waals surface area contributed by atoms with Gasteiger partial charge >= 0.3 is 11.9 Å². The van der Waals surface area contributed by atoms with Crippen LogP contribution in [0.3, 0.4) is 0 Å². The highest BCUT2D eigenvalue weighted by molar-refractivity contribution is 5.70. The van der Waals surface area contributed by atoms with Crippen molar-refractivity contribution in [1.82, 2.24) is 0 Å². The number of esters is 2. The molecule has 1 rings (SSSR count). The van der Waals surface area contributed by atoms with E-state index in [2.05, 4.69) is 86.8 Å². The van der Waals surface area contributed by atoms with E-state index in [4.69, 9.17) is 18.9 Å². The Morgan fingerprint density at radius 2 is 0.967 bits per heavy atom. The number of carbonyl (C=O) groups is 2. The normalized spacial score (nSPS) is 20.4. The summed E-state index contributed by atoms with van der Waals surface area (Å²) in [5.74, 6) is -0.836. The Bertz CT molecular complexity index is 1220. The minimum Gasteiger partial charge on any atom is -0.462 e. The molecule has 6 unspecified atom stereocenters. The van der Waals surface area contributed by atoms with Crippen LogP contribution in [0.4, 0.5) is 0 Å². The van der Waals surface area contributed by atoms with E-state index in [9.17, 15) is 30.0 Å². The number of rotatable bonds is 39. The Labute approximate surface area is 370 Å². The molecule has 350 valence electrons. The smallest absolute Gasteiger partial charge is 0.306 e. The molecule has 0 saturated carbocycles. The standard InChI is InChI=1S/C51H86O10/c1-3-5-7-9-11-13-15-17-19-20-21-22-23-24-26-28-30-32-34-36-38-40-47(54)60-44(43-59-51-50(57)49(56)48(55)45(41-52)61-51)42-58-46(53)39-37-35-33-31-29-27-25-18-16-14-12-10-8-6-4-2/h5,7,11-14,17-19,21-22,25,44-45,48-52,55-57H,3-4,6,8-10,15-16,20,23-24,26-43H2,1-2H3/b7-5-,13-11-,14-12-,19-17-,22-21-,25-18-. The highest BCUT2D eigenvalue weighted by Crippen LogP contribution is 2.22. The van der Waals surface area contributed by atoms with Crippen LogP contribution >= 0.6 is 0 Å². The molecule has 6 atom stereocenters. The van der Waals surface area contributed by atoms with Crippen LogP contribution in [0.25, 0.3) is 0 Å². The molecule has 10 heteroatoms. The summed E-state index contributed by atoms with van der Waals surface area (Å²) in [6, 6.07) is 0. The Hall–Kier alpha value is -2.86. The molecule has 1 fully saturated rings. The van der Waals surface area contributed by atoms with E-state index in [-0.39, 0.29) is 26.1 Å². The second kappa shape index (κ2) is 41.2. The Morgan fingerprint density at radius 3 is 1.46 bits per heavy atom. The molecular weight excluding hydrogens is 773 g/mol. The molecule has 0 aromatic carbocycles. The maximum atomic E-state index is 12.8. The van der Waals surface area contributed by atoms with E-state index in [0.717, 1.165) is 89.9 Å². The molecule has 1 aliphatic heterocycles. The minimum atomic E-state index is -1.60. The zero-order chi connectivity index (χ0) is 44.4. The van der Waals surface area contributed by atoms with Crippen LogP contribution < -0.4 is 0 Å². The third-order valence-corrected chi connectivity index (χ3v) is 10.6. The van der Waals surface area contributed by atoms with Crippen molar-refractivity contribution >= 4 is 11.9 Å². The van der Waals surface area contributed by atoms with Gasteiger partial charge in [-0.3, -0.25) is 9.59 Å². The largest absolute Gasteiger partial charge is 0.462 e. The van der Waals surface area contributed by atoms with Crippen molar-refractivity contribution in [3.63, 3.8) is 0 Å². The molecule has 1 aliphatic rings. The average Bonchev–Trinajstić information content (AvgIpc) is 3.26. The van der Waals surface area contributed by atoms with E-state index in [1.165, 1.54) is 51.4 Å². The predicted molar refractivity (Wildman–Crippen MR) is 247 cm³/mol. The lowest BCUT2D eigenvalue weighted by atomic mass is 9.99. The maximum absolute atomic E-state index is 12.8. The highest BCUT2D eigenvalue weighted by atomic mass is 16.7. The first-order valence-corrected chi connectivity index (χ1v) is 24.0. The van der Waals surface area contributed by atoms with Gasteiger partial charge in [-0.2, -0.15) is 0 Å². The first kappa shape index (κ1) is 56.2. The third kappa shape index (κ3) is 32.5. The van der Waals surface area contributed by atoms with Crippen LogP contribution in [-0.4, -0.2) is 89.0 Å². The number of carbonyl (C=O) groups excluding carboxylic acids is 2. The van der Waals surface area contributed by atoms with Gasteiger partial charge in [-0.05, 0) is 83.5 Å². The molecular formula is C51H86O10. The van der Waals surface area contributed by atoms with Gasteiger partial charge in [0.15, 0.2) is 12.4 Å². The van der Waals surface area contributed by atoms with Crippen molar-refractivity contribution in [2.45, 2.75) is 218 Å². The summed E-state index contributed by atoms with van der Waals surface area (Å²) in [6.07, 6.45) is 44.7. The van der Waals surface area contributed by atoms with Gasteiger partial charge in [0.2, 0.25) is 0 Å². The Kier molecular flexibility index (Phi) is 37.9. The van der Waals surface area contributed by atoms with Crippen LogP contribution in [0.2, 0.25) is 0 Å². The van der Waals surface area contributed by atoms with Gasteiger partial charge < -0.3 is 39.4 Å². The summed E-state index contributed by atoms with van der Waals surface area (Å²) < 4.78 is 22.2. The van der Waals surface area contributed by atoms with Gasteiger partial charge in [0.25, 0.3) is 0 Å². The predicted octanol–water partition coefficient (Wildman–Crippen LogP) is 10.8. The first-order chi connectivity index (χ1) is 29.8. The number of allylic oxidation sites excluding steroid dienone is 12. The van der Waals surface area contributed by atoms with Crippen molar-refractivity contribution in [2.24, 2.45) is 0 Å². The lowest BCUT2D eigenvalue weighted by Gasteiger charge is -2.39. The summed E-state index contributed by atoms with van der Waals surface area (Å²) in [6.45, 7) is 3.26. The lowest BCUT2D eigenvalue weighted by molar-refractivity contribution is -0.305. The van der Waals surface area contributed by atoms with E-state index in [0.29, 0.717) is 12.8 Å². The SMILES string of the molecule is CC/C=C\C/C=C\C/C=C\C/C=C\CCCCCCCCCCC(=O)OC(COC(=O)CCCCCCC/C=C\C/C=C\CCCCC)COC1OC(CO)C(O)C(O)C1O. The van der Waals surface area contributed by atoms with Gasteiger partial charge in [0.1, 0.15) is 31.0 Å². The van der Waals surface area contributed by atoms with Crippen molar-refractivity contribution in [3.8, 4) is 0 Å². The summed E-state index contributed by atoms with van der Waals surface area (Å²) in [5, 5.41) is 40.1. The number of unbranched alkanes of at least 4 members (excludes halogenated alkanes) is 16. The van der Waals surface area contributed by atoms with E-state index in [1.807, 2.05) is 0 Å².